The first-order chi connectivity index (χ1) is 14.0. The molecular weight excluding hydrogens is 377 g/mol. The van der Waals surface area contributed by atoms with Gasteiger partial charge < -0.3 is 15.0 Å². The SMILES string of the molecule is N#CCCN(C(=O)COC(=O)C1CC(=O)Nc2cc(F)ccc21)c1ccccc1. The first-order valence-electron chi connectivity index (χ1n) is 8.98. The number of nitrogens with zero attached hydrogens (tertiary/aromatic N) is 2. The van der Waals surface area contributed by atoms with Crippen molar-refractivity contribution in [3.05, 3.63) is 59.9 Å². The van der Waals surface area contributed by atoms with Gasteiger partial charge in [-0.2, -0.15) is 5.26 Å². The average Bonchev–Trinajstić information content (AvgIpc) is 2.72. The van der Waals surface area contributed by atoms with E-state index in [4.69, 9.17) is 10.00 Å². The van der Waals surface area contributed by atoms with Gasteiger partial charge in [0.05, 0.1) is 18.4 Å². The number of benzene rings is 2. The van der Waals surface area contributed by atoms with Crippen molar-refractivity contribution < 1.29 is 23.5 Å². The minimum Gasteiger partial charge on any atom is -0.455 e. The molecule has 0 aliphatic carbocycles. The van der Waals surface area contributed by atoms with Crippen molar-refractivity contribution in [2.24, 2.45) is 0 Å². The maximum Gasteiger partial charge on any atom is 0.314 e. The van der Waals surface area contributed by atoms with Gasteiger partial charge in [-0.1, -0.05) is 24.3 Å². The second-order valence-corrected chi connectivity index (χ2v) is 6.43. The Morgan fingerprint density at radius 1 is 1.24 bits per heavy atom. The maximum atomic E-state index is 13.4. The first kappa shape index (κ1) is 20.0. The smallest absolute Gasteiger partial charge is 0.314 e. The maximum absolute atomic E-state index is 13.4. The lowest BCUT2D eigenvalue weighted by atomic mass is 9.90. The normalized spacial score (nSPS) is 14.9. The quantitative estimate of drug-likeness (QED) is 0.758. The van der Waals surface area contributed by atoms with Crippen LogP contribution in [-0.2, 0) is 19.1 Å². The van der Waals surface area contributed by atoms with E-state index in [0.29, 0.717) is 11.3 Å². The lowest BCUT2D eigenvalue weighted by Crippen LogP contribution is -2.36. The first-order valence-corrected chi connectivity index (χ1v) is 8.98. The molecule has 0 saturated heterocycles. The molecule has 1 heterocycles. The van der Waals surface area contributed by atoms with Gasteiger partial charge in [0.1, 0.15) is 5.82 Å². The Hall–Kier alpha value is -3.73. The number of hydrogen-bond donors (Lipinski definition) is 1. The fourth-order valence-corrected chi connectivity index (χ4v) is 3.13. The molecule has 148 valence electrons. The van der Waals surface area contributed by atoms with Gasteiger partial charge in [-0.05, 0) is 29.8 Å². The van der Waals surface area contributed by atoms with Crippen LogP contribution in [0.3, 0.4) is 0 Å². The molecule has 8 heteroatoms. The number of nitrogens with one attached hydrogen (secondary N) is 1. The molecule has 1 N–H and O–H groups in total. The Labute approximate surface area is 166 Å². The van der Waals surface area contributed by atoms with Crippen LogP contribution < -0.4 is 10.2 Å². The third kappa shape index (κ3) is 4.76. The van der Waals surface area contributed by atoms with Gasteiger partial charge in [0.15, 0.2) is 6.61 Å². The second kappa shape index (κ2) is 8.97. The van der Waals surface area contributed by atoms with Gasteiger partial charge in [0, 0.05) is 24.3 Å². The van der Waals surface area contributed by atoms with Crippen LogP contribution in [0.1, 0.15) is 24.3 Å². The zero-order valence-electron chi connectivity index (χ0n) is 15.4. The molecule has 1 atom stereocenters. The van der Waals surface area contributed by atoms with E-state index < -0.39 is 36.1 Å². The molecule has 0 spiro atoms. The minimum atomic E-state index is -0.920. The summed E-state index contributed by atoms with van der Waals surface area (Å²) < 4.78 is 18.6. The summed E-state index contributed by atoms with van der Waals surface area (Å²) in [6.45, 7) is -0.376. The van der Waals surface area contributed by atoms with Crippen molar-refractivity contribution in [3.8, 4) is 6.07 Å². The van der Waals surface area contributed by atoms with E-state index in [9.17, 15) is 18.8 Å². The number of amides is 2. The summed E-state index contributed by atoms with van der Waals surface area (Å²) in [4.78, 5) is 38.4. The Bertz CT molecular complexity index is 972. The van der Waals surface area contributed by atoms with Gasteiger partial charge in [0.25, 0.3) is 5.91 Å². The number of carbonyl (C=O) groups excluding carboxylic acids is 3. The number of halogens is 1. The van der Waals surface area contributed by atoms with Crippen LogP contribution in [0, 0.1) is 17.1 Å². The zero-order valence-corrected chi connectivity index (χ0v) is 15.4. The highest BCUT2D eigenvalue weighted by atomic mass is 19.1. The Balaban J connectivity index is 1.70. The van der Waals surface area contributed by atoms with Gasteiger partial charge >= 0.3 is 5.97 Å². The monoisotopic (exact) mass is 395 g/mol. The Kier molecular flexibility index (Phi) is 6.19. The van der Waals surface area contributed by atoms with E-state index in [0.717, 1.165) is 6.07 Å². The van der Waals surface area contributed by atoms with Gasteiger partial charge in [-0.3, -0.25) is 14.4 Å². The fourth-order valence-electron chi connectivity index (χ4n) is 3.13. The van der Waals surface area contributed by atoms with Crippen LogP contribution >= 0.6 is 0 Å². The summed E-state index contributed by atoms with van der Waals surface area (Å²) in [5.74, 6) is -3.12. The Morgan fingerprint density at radius 2 is 2.00 bits per heavy atom. The van der Waals surface area contributed by atoms with E-state index >= 15 is 0 Å². The fraction of sp³-hybridized carbons (Fsp3) is 0.238. The van der Waals surface area contributed by atoms with Crippen molar-refractivity contribution in [2.45, 2.75) is 18.8 Å². The standard InChI is InChI=1S/C21H18FN3O4/c22-14-7-8-16-17(12-19(26)24-18(16)11-14)21(28)29-13-20(27)25(10-4-9-23)15-5-2-1-3-6-15/h1-3,5-8,11,17H,4,10,12-13H2,(H,24,26). The molecule has 0 radical (unpaired) electrons. The number of rotatable bonds is 6. The van der Waals surface area contributed by atoms with Gasteiger partial charge in [-0.15, -0.1) is 0 Å². The highest BCUT2D eigenvalue weighted by molar-refractivity contribution is 6.01. The number of fused-ring (bicyclic) bond motifs is 1. The van der Waals surface area contributed by atoms with Crippen LogP contribution in [0.5, 0.6) is 0 Å². The summed E-state index contributed by atoms with van der Waals surface area (Å²) in [5.41, 5.74) is 1.24. The molecule has 1 aliphatic rings. The molecule has 0 fully saturated rings. The van der Waals surface area contributed by atoms with Crippen LogP contribution in [0.2, 0.25) is 0 Å². The second-order valence-electron chi connectivity index (χ2n) is 6.43. The summed E-state index contributed by atoms with van der Waals surface area (Å²) in [7, 11) is 0. The third-order valence-electron chi connectivity index (χ3n) is 4.49. The number of anilines is 2. The van der Waals surface area contributed by atoms with E-state index in [2.05, 4.69) is 5.32 Å². The van der Waals surface area contributed by atoms with Crippen LogP contribution in [0.4, 0.5) is 15.8 Å². The predicted octanol–water partition coefficient (Wildman–Crippen LogP) is 2.74. The molecule has 7 nitrogen and oxygen atoms in total. The summed E-state index contributed by atoms with van der Waals surface area (Å²) >= 11 is 0. The summed E-state index contributed by atoms with van der Waals surface area (Å²) in [6.07, 6.45) is -0.0290. The van der Waals surface area contributed by atoms with Crippen LogP contribution in [-0.4, -0.2) is 30.9 Å². The van der Waals surface area contributed by atoms with Gasteiger partial charge in [0.2, 0.25) is 5.91 Å². The van der Waals surface area contributed by atoms with Crippen molar-refractivity contribution in [3.63, 3.8) is 0 Å². The molecule has 2 aromatic carbocycles. The molecule has 2 aromatic rings. The highest BCUT2D eigenvalue weighted by Gasteiger charge is 2.32. The molecule has 1 unspecified atom stereocenters. The number of esters is 1. The number of para-hydroxylation sites is 1. The molecule has 0 aromatic heterocycles. The average molecular weight is 395 g/mol. The van der Waals surface area contributed by atoms with Crippen LogP contribution in [0.15, 0.2) is 48.5 Å². The third-order valence-corrected chi connectivity index (χ3v) is 4.49. The number of carbonyl (C=O) groups is 3. The van der Waals surface area contributed by atoms with Crippen molar-refractivity contribution >= 4 is 29.2 Å². The molecule has 0 bridgehead atoms. The molecule has 29 heavy (non-hydrogen) atoms. The van der Waals surface area contributed by atoms with Crippen molar-refractivity contribution in [2.75, 3.05) is 23.4 Å². The van der Waals surface area contributed by atoms with E-state index in [1.807, 2.05) is 6.07 Å². The van der Waals surface area contributed by atoms with Crippen molar-refractivity contribution in [1.82, 2.24) is 0 Å². The lowest BCUT2D eigenvalue weighted by molar-refractivity contribution is -0.150. The Morgan fingerprint density at radius 3 is 2.72 bits per heavy atom. The molecule has 2 amide bonds. The van der Waals surface area contributed by atoms with E-state index in [-0.39, 0.29) is 25.1 Å². The van der Waals surface area contributed by atoms with Gasteiger partial charge in [-0.25, -0.2) is 4.39 Å². The molecule has 3 rings (SSSR count). The number of nitriles is 1. The van der Waals surface area contributed by atoms with E-state index in [1.54, 1.807) is 30.3 Å². The summed E-state index contributed by atoms with van der Waals surface area (Å²) in [5, 5.41) is 11.4. The van der Waals surface area contributed by atoms with Crippen molar-refractivity contribution in [1.29, 1.82) is 5.26 Å². The highest BCUT2D eigenvalue weighted by Crippen LogP contribution is 2.33. The van der Waals surface area contributed by atoms with E-state index in [1.165, 1.54) is 17.0 Å². The van der Waals surface area contributed by atoms with Crippen LogP contribution in [0.25, 0.3) is 0 Å². The summed E-state index contributed by atoms with van der Waals surface area (Å²) in [6, 6.07) is 14.5. The lowest BCUT2D eigenvalue weighted by Gasteiger charge is -2.25. The predicted molar refractivity (Wildman–Crippen MR) is 102 cm³/mol. The topological polar surface area (TPSA) is 99.5 Å². The largest absolute Gasteiger partial charge is 0.455 e. The number of hydrogen-bond acceptors (Lipinski definition) is 5. The molecular formula is C21H18FN3O4. The number of ether oxygens (including phenoxy) is 1. The minimum absolute atomic E-state index is 0.121. The molecule has 1 aliphatic heterocycles. The zero-order chi connectivity index (χ0) is 20.8. The molecule has 0 saturated carbocycles.